The number of carbonyl (C=O) groups excluding carboxylic acids is 1. The average molecular weight is 327 g/mol. The molecule has 0 saturated heterocycles. The lowest BCUT2D eigenvalue weighted by molar-refractivity contribution is 0.0729. The van der Waals surface area contributed by atoms with Crippen LogP contribution in [0, 0.1) is 0 Å². The fraction of sp³-hybridized carbons (Fsp3) is 0.133. The van der Waals surface area contributed by atoms with E-state index in [0.29, 0.717) is 16.3 Å². The molecule has 0 heterocycles. The standard InChI is InChI=1S/C15H12Cl2O4/c1-20-14-6-9(8-18)2-5-13(14)21-15(19)10-3-4-11(16)12(17)7-10/h2-7,18H,8H2,1H3. The van der Waals surface area contributed by atoms with Gasteiger partial charge in [0.05, 0.1) is 29.3 Å². The zero-order valence-corrected chi connectivity index (χ0v) is 12.6. The highest BCUT2D eigenvalue weighted by Crippen LogP contribution is 2.29. The van der Waals surface area contributed by atoms with E-state index in [-0.39, 0.29) is 22.9 Å². The van der Waals surface area contributed by atoms with E-state index < -0.39 is 5.97 Å². The van der Waals surface area contributed by atoms with Crippen LogP contribution in [-0.4, -0.2) is 18.2 Å². The number of aliphatic hydroxyl groups excluding tert-OH is 1. The van der Waals surface area contributed by atoms with E-state index in [1.165, 1.54) is 25.3 Å². The smallest absolute Gasteiger partial charge is 0.343 e. The fourth-order valence-corrected chi connectivity index (χ4v) is 1.97. The van der Waals surface area contributed by atoms with Crippen LogP contribution >= 0.6 is 23.2 Å². The molecule has 0 aliphatic rings. The maximum Gasteiger partial charge on any atom is 0.343 e. The van der Waals surface area contributed by atoms with Gasteiger partial charge in [-0.2, -0.15) is 0 Å². The van der Waals surface area contributed by atoms with Crippen LogP contribution in [0.5, 0.6) is 11.5 Å². The molecule has 0 aromatic heterocycles. The highest BCUT2D eigenvalue weighted by atomic mass is 35.5. The van der Waals surface area contributed by atoms with Crippen molar-refractivity contribution in [3.05, 3.63) is 57.6 Å². The number of rotatable bonds is 4. The maximum atomic E-state index is 12.1. The van der Waals surface area contributed by atoms with E-state index in [0.717, 1.165) is 0 Å². The summed E-state index contributed by atoms with van der Waals surface area (Å²) in [5.74, 6) is 0.0318. The van der Waals surface area contributed by atoms with Gasteiger partial charge in [-0.1, -0.05) is 29.3 Å². The Labute approximate surface area is 131 Å². The molecule has 0 aliphatic heterocycles. The molecule has 0 aliphatic carbocycles. The molecule has 2 aromatic rings. The molecule has 6 heteroatoms. The minimum Gasteiger partial charge on any atom is -0.493 e. The Balaban J connectivity index is 2.24. The van der Waals surface area contributed by atoms with Crippen LogP contribution in [0.1, 0.15) is 15.9 Å². The van der Waals surface area contributed by atoms with E-state index in [1.54, 1.807) is 18.2 Å². The van der Waals surface area contributed by atoms with Gasteiger partial charge in [-0.05, 0) is 35.9 Å². The van der Waals surface area contributed by atoms with Crippen molar-refractivity contribution in [1.29, 1.82) is 0 Å². The number of esters is 1. The largest absolute Gasteiger partial charge is 0.493 e. The summed E-state index contributed by atoms with van der Waals surface area (Å²) in [6.07, 6.45) is 0. The molecule has 2 aromatic carbocycles. The Hall–Kier alpha value is -1.75. The summed E-state index contributed by atoms with van der Waals surface area (Å²) in [6.45, 7) is -0.128. The van der Waals surface area contributed by atoms with E-state index in [2.05, 4.69) is 0 Å². The van der Waals surface area contributed by atoms with Crippen LogP contribution in [0.15, 0.2) is 36.4 Å². The molecule has 2 rings (SSSR count). The Morgan fingerprint density at radius 2 is 1.86 bits per heavy atom. The summed E-state index contributed by atoms with van der Waals surface area (Å²) in [4.78, 5) is 12.1. The zero-order valence-electron chi connectivity index (χ0n) is 11.1. The van der Waals surface area contributed by atoms with Crippen molar-refractivity contribution in [3.8, 4) is 11.5 Å². The first-order chi connectivity index (χ1) is 10.0. The molecule has 0 atom stereocenters. The summed E-state index contributed by atoms with van der Waals surface area (Å²) >= 11 is 11.7. The lowest BCUT2D eigenvalue weighted by atomic mass is 10.2. The summed E-state index contributed by atoms with van der Waals surface area (Å²) < 4.78 is 10.4. The number of methoxy groups -OCH3 is 1. The first-order valence-electron chi connectivity index (χ1n) is 6.00. The minimum absolute atomic E-state index is 0.128. The number of ether oxygens (including phenoxy) is 2. The first kappa shape index (κ1) is 15.6. The summed E-state index contributed by atoms with van der Waals surface area (Å²) in [7, 11) is 1.45. The molecular weight excluding hydrogens is 315 g/mol. The summed E-state index contributed by atoms with van der Waals surface area (Å²) in [6, 6.07) is 9.26. The zero-order chi connectivity index (χ0) is 15.4. The van der Waals surface area contributed by atoms with E-state index in [4.69, 9.17) is 37.8 Å². The van der Waals surface area contributed by atoms with Gasteiger partial charge in [-0.15, -0.1) is 0 Å². The van der Waals surface area contributed by atoms with Crippen LogP contribution in [0.3, 0.4) is 0 Å². The number of carbonyl (C=O) groups is 1. The number of hydrogen-bond acceptors (Lipinski definition) is 4. The monoisotopic (exact) mass is 326 g/mol. The number of hydrogen-bond donors (Lipinski definition) is 1. The van der Waals surface area contributed by atoms with Gasteiger partial charge < -0.3 is 14.6 Å². The van der Waals surface area contributed by atoms with Crippen LogP contribution in [0.2, 0.25) is 10.0 Å². The fourth-order valence-electron chi connectivity index (χ4n) is 1.68. The van der Waals surface area contributed by atoms with Crippen LogP contribution < -0.4 is 9.47 Å². The SMILES string of the molecule is COc1cc(CO)ccc1OC(=O)c1ccc(Cl)c(Cl)c1. The Kier molecular flexibility index (Phi) is 5.07. The third-order valence-electron chi connectivity index (χ3n) is 2.77. The quantitative estimate of drug-likeness (QED) is 0.687. The number of halogens is 2. The molecule has 0 radical (unpaired) electrons. The second-order valence-electron chi connectivity index (χ2n) is 4.16. The summed E-state index contributed by atoms with van der Waals surface area (Å²) in [5, 5.41) is 9.71. The molecule has 0 spiro atoms. The van der Waals surface area contributed by atoms with Gasteiger partial charge >= 0.3 is 5.97 Å². The van der Waals surface area contributed by atoms with Gasteiger partial charge in [0, 0.05) is 0 Å². The van der Waals surface area contributed by atoms with Gasteiger partial charge in [-0.25, -0.2) is 4.79 Å². The molecule has 1 N–H and O–H groups in total. The third kappa shape index (κ3) is 3.67. The van der Waals surface area contributed by atoms with Crippen molar-refractivity contribution in [2.75, 3.05) is 7.11 Å². The Morgan fingerprint density at radius 1 is 1.10 bits per heavy atom. The molecule has 0 amide bonds. The predicted octanol–water partition coefficient (Wildman–Crippen LogP) is 3.71. The molecule has 4 nitrogen and oxygen atoms in total. The average Bonchev–Trinajstić information content (AvgIpc) is 2.50. The van der Waals surface area contributed by atoms with Crippen molar-refractivity contribution in [2.24, 2.45) is 0 Å². The first-order valence-corrected chi connectivity index (χ1v) is 6.75. The molecule has 0 unspecified atom stereocenters. The van der Waals surface area contributed by atoms with Crippen molar-refractivity contribution in [2.45, 2.75) is 6.61 Å². The normalized spacial score (nSPS) is 10.3. The second kappa shape index (κ2) is 6.80. The van der Waals surface area contributed by atoms with Crippen molar-refractivity contribution >= 4 is 29.2 Å². The maximum absolute atomic E-state index is 12.1. The highest BCUT2D eigenvalue weighted by molar-refractivity contribution is 6.42. The number of aliphatic hydroxyl groups is 1. The van der Waals surface area contributed by atoms with Gasteiger partial charge in [0.2, 0.25) is 0 Å². The van der Waals surface area contributed by atoms with Gasteiger partial charge in [0.15, 0.2) is 11.5 Å². The van der Waals surface area contributed by atoms with E-state index in [1.807, 2.05) is 0 Å². The molecule has 0 bridgehead atoms. The van der Waals surface area contributed by atoms with Crippen molar-refractivity contribution in [3.63, 3.8) is 0 Å². The van der Waals surface area contributed by atoms with Gasteiger partial charge in [0.1, 0.15) is 0 Å². The topological polar surface area (TPSA) is 55.8 Å². The van der Waals surface area contributed by atoms with Crippen molar-refractivity contribution in [1.82, 2.24) is 0 Å². The molecule has 110 valence electrons. The minimum atomic E-state index is -0.580. The number of benzene rings is 2. The Bertz CT molecular complexity index is 671. The Morgan fingerprint density at radius 3 is 2.48 bits per heavy atom. The van der Waals surface area contributed by atoms with Crippen LogP contribution in [0.4, 0.5) is 0 Å². The molecule has 21 heavy (non-hydrogen) atoms. The second-order valence-corrected chi connectivity index (χ2v) is 4.98. The highest BCUT2D eigenvalue weighted by Gasteiger charge is 2.14. The van der Waals surface area contributed by atoms with Crippen molar-refractivity contribution < 1.29 is 19.4 Å². The predicted molar refractivity (Wildman–Crippen MR) is 80.3 cm³/mol. The summed E-state index contributed by atoms with van der Waals surface area (Å²) in [5.41, 5.74) is 0.930. The van der Waals surface area contributed by atoms with E-state index >= 15 is 0 Å². The van der Waals surface area contributed by atoms with Crippen LogP contribution in [0.25, 0.3) is 0 Å². The lowest BCUT2D eigenvalue weighted by Crippen LogP contribution is -2.09. The molecule has 0 saturated carbocycles. The van der Waals surface area contributed by atoms with Crippen LogP contribution in [-0.2, 0) is 6.61 Å². The molecular formula is C15H12Cl2O4. The van der Waals surface area contributed by atoms with E-state index in [9.17, 15) is 4.79 Å². The third-order valence-corrected chi connectivity index (χ3v) is 3.51. The van der Waals surface area contributed by atoms with Gasteiger partial charge in [-0.3, -0.25) is 0 Å². The molecule has 0 fully saturated rings. The van der Waals surface area contributed by atoms with Gasteiger partial charge in [0.25, 0.3) is 0 Å². The lowest BCUT2D eigenvalue weighted by Gasteiger charge is -2.10.